The third kappa shape index (κ3) is 3.26. The van der Waals surface area contributed by atoms with Gasteiger partial charge in [-0.15, -0.1) is 9.24 Å². The first-order valence-electron chi connectivity index (χ1n) is 8.06. The third-order valence-electron chi connectivity index (χ3n) is 4.58. The minimum atomic E-state index is -0.0739. The molecule has 1 unspecified atom stereocenters. The Morgan fingerprint density at radius 3 is 1.91 bits per heavy atom. The molecule has 0 amide bonds. The molecule has 0 aromatic heterocycles. The average molecular weight is 326 g/mol. The number of rotatable bonds is 2. The van der Waals surface area contributed by atoms with E-state index in [9.17, 15) is 4.79 Å². The zero-order valence-electron chi connectivity index (χ0n) is 15.3. The molecule has 2 aromatic rings. The van der Waals surface area contributed by atoms with E-state index in [4.69, 9.17) is 0 Å². The number of aryl methyl sites for hydroxylation is 3. The van der Waals surface area contributed by atoms with Gasteiger partial charge in [0, 0.05) is 11.1 Å². The van der Waals surface area contributed by atoms with Crippen molar-refractivity contribution in [2.75, 3.05) is 0 Å². The number of carbonyl (C=O) groups excluding carboxylic acids is 1. The number of ketones is 1. The van der Waals surface area contributed by atoms with Crippen LogP contribution < -0.4 is 5.30 Å². The van der Waals surface area contributed by atoms with Crippen LogP contribution in [0.2, 0.25) is 0 Å². The van der Waals surface area contributed by atoms with Crippen molar-refractivity contribution in [3.63, 3.8) is 0 Å². The monoisotopic (exact) mass is 326 g/mol. The predicted octanol–water partition coefficient (Wildman–Crippen LogP) is 4.95. The lowest BCUT2D eigenvalue weighted by atomic mass is 9.78. The van der Waals surface area contributed by atoms with Gasteiger partial charge in [-0.05, 0) is 66.2 Å². The van der Waals surface area contributed by atoms with E-state index in [2.05, 4.69) is 49.9 Å². The molecular weight excluding hydrogens is 299 g/mol. The Balaban J connectivity index is 2.82. The lowest BCUT2D eigenvalue weighted by molar-refractivity contribution is 0.103. The Labute approximate surface area is 142 Å². The normalized spacial score (nSPS) is 11.7. The van der Waals surface area contributed by atoms with Crippen molar-refractivity contribution in [1.82, 2.24) is 0 Å². The van der Waals surface area contributed by atoms with Gasteiger partial charge in [0.05, 0.1) is 0 Å². The summed E-state index contributed by atoms with van der Waals surface area (Å²) >= 11 is 0. The average Bonchev–Trinajstić information content (AvgIpc) is 2.43. The summed E-state index contributed by atoms with van der Waals surface area (Å²) in [5, 5.41) is 1.13. The summed E-state index contributed by atoms with van der Waals surface area (Å²) < 4.78 is 0. The molecule has 0 fully saturated rings. The molecule has 0 saturated heterocycles. The maximum absolute atomic E-state index is 13.4. The molecule has 122 valence electrons. The van der Waals surface area contributed by atoms with Gasteiger partial charge in [-0.3, -0.25) is 4.79 Å². The van der Waals surface area contributed by atoms with Gasteiger partial charge in [-0.1, -0.05) is 45.0 Å². The molecule has 23 heavy (non-hydrogen) atoms. The van der Waals surface area contributed by atoms with Crippen molar-refractivity contribution in [3.8, 4) is 0 Å². The molecule has 0 aliphatic rings. The van der Waals surface area contributed by atoms with E-state index < -0.39 is 0 Å². The molecule has 0 heterocycles. The molecule has 0 radical (unpaired) electrons. The Hall–Kier alpha value is -1.46. The van der Waals surface area contributed by atoms with Gasteiger partial charge in [0.25, 0.3) is 0 Å². The molecule has 0 N–H and O–H groups in total. The van der Waals surface area contributed by atoms with E-state index in [1.807, 2.05) is 32.0 Å². The maximum atomic E-state index is 13.4. The summed E-state index contributed by atoms with van der Waals surface area (Å²) in [6.45, 7) is 14.7. The number of benzene rings is 2. The van der Waals surface area contributed by atoms with Gasteiger partial charge in [0.15, 0.2) is 5.78 Å². The van der Waals surface area contributed by atoms with Gasteiger partial charge in [-0.25, -0.2) is 0 Å². The van der Waals surface area contributed by atoms with Crippen molar-refractivity contribution in [2.45, 2.75) is 53.9 Å². The van der Waals surface area contributed by atoms with Gasteiger partial charge >= 0.3 is 0 Å². The molecule has 2 rings (SSSR count). The standard InChI is InChI=1S/C21H27OP/c1-12-9-8-10-13(2)17(12)19(22)18-15(4)20(23)14(3)11-16(18)21(5,6)7/h8-11H,23H2,1-7H3. The van der Waals surface area contributed by atoms with E-state index in [1.54, 1.807) is 0 Å². The molecular formula is C21H27OP. The molecule has 1 atom stereocenters. The minimum absolute atomic E-state index is 0.0739. The Bertz CT molecular complexity index is 759. The van der Waals surface area contributed by atoms with E-state index in [0.717, 1.165) is 38.7 Å². The molecule has 0 aliphatic carbocycles. The zero-order valence-corrected chi connectivity index (χ0v) is 16.4. The van der Waals surface area contributed by atoms with Crippen molar-refractivity contribution in [2.24, 2.45) is 0 Å². The van der Waals surface area contributed by atoms with Crippen LogP contribution in [0.3, 0.4) is 0 Å². The van der Waals surface area contributed by atoms with Crippen molar-refractivity contribution in [1.29, 1.82) is 0 Å². The highest BCUT2D eigenvalue weighted by molar-refractivity contribution is 7.27. The first kappa shape index (κ1) is 17.9. The minimum Gasteiger partial charge on any atom is -0.289 e. The van der Waals surface area contributed by atoms with Crippen LogP contribution in [-0.2, 0) is 5.41 Å². The second kappa shape index (κ2) is 6.21. The molecule has 2 heteroatoms. The molecule has 0 spiro atoms. The number of hydrogen-bond acceptors (Lipinski definition) is 1. The predicted molar refractivity (Wildman–Crippen MR) is 103 cm³/mol. The van der Waals surface area contributed by atoms with E-state index >= 15 is 0 Å². The fourth-order valence-electron chi connectivity index (χ4n) is 3.18. The van der Waals surface area contributed by atoms with Crippen LogP contribution in [0.4, 0.5) is 0 Å². The molecule has 0 bridgehead atoms. The summed E-state index contributed by atoms with van der Waals surface area (Å²) in [7, 11) is 2.80. The Kier molecular flexibility index (Phi) is 4.83. The van der Waals surface area contributed by atoms with Crippen LogP contribution >= 0.6 is 9.24 Å². The number of carbonyl (C=O) groups is 1. The second-order valence-corrected chi connectivity index (χ2v) is 8.08. The second-order valence-electron chi connectivity index (χ2n) is 7.50. The molecule has 2 aromatic carbocycles. The zero-order chi connectivity index (χ0) is 17.5. The van der Waals surface area contributed by atoms with Crippen LogP contribution in [0.5, 0.6) is 0 Å². The Morgan fingerprint density at radius 1 is 0.913 bits per heavy atom. The van der Waals surface area contributed by atoms with E-state index in [0.29, 0.717) is 0 Å². The van der Waals surface area contributed by atoms with E-state index in [1.165, 1.54) is 5.56 Å². The topological polar surface area (TPSA) is 17.1 Å². The lowest BCUT2D eigenvalue weighted by Gasteiger charge is -2.26. The fourth-order valence-corrected chi connectivity index (χ4v) is 3.41. The lowest BCUT2D eigenvalue weighted by Crippen LogP contribution is -2.23. The van der Waals surface area contributed by atoms with E-state index in [-0.39, 0.29) is 11.2 Å². The van der Waals surface area contributed by atoms with Crippen LogP contribution in [0.25, 0.3) is 0 Å². The fraction of sp³-hybridized carbons (Fsp3) is 0.381. The highest BCUT2D eigenvalue weighted by atomic mass is 31.0. The van der Waals surface area contributed by atoms with Gasteiger partial charge in [0.1, 0.15) is 0 Å². The molecule has 0 saturated carbocycles. The van der Waals surface area contributed by atoms with Gasteiger partial charge in [0.2, 0.25) is 0 Å². The summed E-state index contributed by atoms with van der Waals surface area (Å²) in [6, 6.07) is 8.22. The smallest absolute Gasteiger partial charge is 0.194 e. The SMILES string of the molecule is Cc1cc(C(C)(C)C)c(C(=O)c2c(C)cccc2C)c(C)c1P. The maximum Gasteiger partial charge on any atom is 0.194 e. The largest absolute Gasteiger partial charge is 0.289 e. The number of hydrogen-bond donors (Lipinski definition) is 0. The molecule has 0 aliphatic heterocycles. The highest BCUT2D eigenvalue weighted by Crippen LogP contribution is 2.32. The van der Waals surface area contributed by atoms with Crippen molar-refractivity contribution < 1.29 is 4.79 Å². The van der Waals surface area contributed by atoms with Crippen LogP contribution in [-0.4, -0.2) is 5.78 Å². The molecule has 1 nitrogen and oxygen atoms in total. The summed E-state index contributed by atoms with van der Waals surface area (Å²) in [6.07, 6.45) is 0. The summed E-state index contributed by atoms with van der Waals surface area (Å²) in [5.41, 5.74) is 7.14. The van der Waals surface area contributed by atoms with Crippen LogP contribution in [0.15, 0.2) is 24.3 Å². The van der Waals surface area contributed by atoms with Crippen LogP contribution in [0, 0.1) is 27.7 Å². The summed E-state index contributed by atoms with van der Waals surface area (Å²) in [4.78, 5) is 13.4. The highest BCUT2D eigenvalue weighted by Gasteiger charge is 2.27. The first-order valence-corrected chi connectivity index (χ1v) is 8.64. The van der Waals surface area contributed by atoms with Crippen LogP contribution in [0.1, 0.15) is 64.5 Å². The van der Waals surface area contributed by atoms with Crippen molar-refractivity contribution in [3.05, 3.63) is 63.2 Å². The third-order valence-corrected chi connectivity index (χ3v) is 5.47. The summed E-state index contributed by atoms with van der Waals surface area (Å²) in [5.74, 6) is 0.145. The quantitative estimate of drug-likeness (QED) is 0.564. The Morgan fingerprint density at radius 2 is 1.43 bits per heavy atom. The van der Waals surface area contributed by atoms with Gasteiger partial charge < -0.3 is 0 Å². The first-order chi connectivity index (χ1) is 10.6. The van der Waals surface area contributed by atoms with Crippen molar-refractivity contribution >= 4 is 20.3 Å². The van der Waals surface area contributed by atoms with Gasteiger partial charge in [-0.2, -0.15) is 0 Å².